The van der Waals surface area contributed by atoms with Crippen molar-refractivity contribution in [2.24, 2.45) is 5.92 Å². The summed E-state index contributed by atoms with van der Waals surface area (Å²) < 4.78 is 11.2. The summed E-state index contributed by atoms with van der Waals surface area (Å²) in [6.07, 6.45) is 3.32. The summed E-state index contributed by atoms with van der Waals surface area (Å²) in [5.74, 6) is -0.487. The maximum absolute atomic E-state index is 12.5. The summed E-state index contributed by atoms with van der Waals surface area (Å²) in [5, 5.41) is 30.7. The van der Waals surface area contributed by atoms with Crippen molar-refractivity contribution in [3.05, 3.63) is 55.1 Å². The Balaban J connectivity index is 2.10. The fourth-order valence-corrected chi connectivity index (χ4v) is 3.57. The summed E-state index contributed by atoms with van der Waals surface area (Å²) in [7, 11) is 0. The molecule has 0 spiro atoms. The Hall–Kier alpha value is -2.74. The van der Waals surface area contributed by atoms with E-state index in [1.807, 2.05) is 0 Å². The standard InChI is InChI=1S/C24H30O7/c1-4-10-30-21-9-7-17(12-22(21)31-11-5-2)6-8-19(26)13-18-14-24(29,16(3)25)15-20(27)23(18)28/h4-9,12,18,20,23,27-29H,1-2,10-11,13-15H2,3H3/b8-6+/t18-,20-,23+,24-/m1/s1. The zero-order chi connectivity index (χ0) is 23.0. The van der Waals surface area contributed by atoms with Gasteiger partial charge < -0.3 is 24.8 Å². The number of hydrogen-bond acceptors (Lipinski definition) is 7. The lowest BCUT2D eigenvalue weighted by Crippen LogP contribution is -2.53. The van der Waals surface area contributed by atoms with Gasteiger partial charge in [0.25, 0.3) is 0 Å². The van der Waals surface area contributed by atoms with Crippen LogP contribution in [0.25, 0.3) is 6.08 Å². The van der Waals surface area contributed by atoms with Crippen molar-refractivity contribution in [1.29, 1.82) is 0 Å². The number of carbonyl (C=O) groups is 2. The quantitative estimate of drug-likeness (QED) is 0.364. The van der Waals surface area contributed by atoms with Gasteiger partial charge in [-0.15, -0.1) is 0 Å². The summed E-state index contributed by atoms with van der Waals surface area (Å²) in [4.78, 5) is 24.2. The van der Waals surface area contributed by atoms with Crippen LogP contribution in [0.1, 0.15) is 31.7 Å². The van der Waals surface area contributed by atoms with Crippen molar-refractivity contribution in [1.82, 2.24) is 0 Å². The number of carbonyl (C=O) groups excluding carboxylic acids is 2. The van der Waals surface area contributed by atoms with E-state index < -0.39 is 29.5 Å². The molecule has 168 valence electrons. The molecular weight excluding hydrogens is 400 g/mol. The number of rotatable bonds is 11. The zero-order valence-corrected chi connectivity index (χ0v) is 17.7. The first kappa shape index (κ1) is 24.5. The lowest BCUT2D eigenvalue weighted by molar-refractivity contribution is -0.159. The van der Waals surface area contributed by atoms with Crippen LogP contribution in [0.2, 0.25) is 0 Å². The molecule has 0 radical (unpaired) electrons. The van der Waals surface area contributed by atoms with Gasteiger partial charge in [-0.2, -0.15) is 0 Å². The van der Waals surface area contributed by atoms with Crippen LogP contribution in [0, 0.1) is 5.92 Å². The van der Waals surface area contributed by atoms with Gasteiger partial charge in [0.15, 0.2) is 23.1 Å². The van der Waals surface area contributed by atoms with Crippen LogP contribution in [0.4, 0.5) is 0 Å². The van der Waals surface area contributed by atoms with E-state index in [1.165, 1.54) is 13.0 Å². The largest absolute Gasteiger partial charge is 0.486 e. The third-order valence-electron chi connectivity index (χ3n) is 5.29. The smallest absolute Gasteiger partial charge is 0.162 e. The van der Waals surface area contributed by atoms with E-state index >= 15 is 0 Å². The Morgan fingerprint density at radius 3 is 2.39 bits per heavy atom. The Kier molecular flexibility index (Phi) is 8.74. The molecule has 1 aliphatic carbocycles. The number of allylic oxidation sites excluding steroid dienone is 1. The number of hydrogen-bond donors (Lipinski definition) is 3. The summed E-state index contributed by atoms with van der Waals surface area (Å²) in [5.41, 5.74) is -1.03. The molecule has 2 rings (SSSR count). The highest BCUT2D eigenvalue weighted by Crippen LogP contribution is 2.36. The molecule has 0 saturated heterocycles. The molecule has 4 atom stereocenters. The number of Topliss-reactive ketones (excluding diaryl/α,β-unsaturated/α-hetero) is 1. The second-order valence-electron chi connectivity index (χ2n) is 7.72. The average Bonchev–Trinajstić information content (AvgIpc) is 2.73. The van der Waals surface area contributed by atoms with Gasteiger partial charge in [0, 0.05) is 12.8 Å². The Morgan fingerprint density at radius 2 is 1.77 bits per heavy atom. The molecule has 1 aromatic rings. The first-order chi connectivity index (χ1) is 14.7. The Bertz CT molecular complexity index is 844. The van der Waals surface area contributed by atoms with Crippen molar-refractivity contribution in [2.45, 2.75) is 44.0 Å². The van der Waals surface area contributed by atoms with Gasteiger partial charge in [-0.1, -0.05) is 37.5 Å². The molecule has 1 aliphatic rings. The van der Waals surface area contributed by atoms with E-state index in [-0.39, 0.29) is 31.7 Å². The van der Waals surface area contributed by atoms with Gasteiger partial charge in [-0.3, -0.25) is 9.59 Å². The third-order valence-corrected chi connectivity index (χ3v) is 5.29. The van der Waals surface area contributed by atoms with Gasteiger partial charge in [-0.25, -0.2) is 0 Å². The monoisotopic (exact) mass is 430 g/mol. The van der Waals surface area contributed by atoms with E-state index in [0.717, 1.165) is 0 Å². The zero-order valence-electron chi connectivity index (χ0n) is 17.7. The maximum atomic E-state index is 12.5. The Morgan fingerprint density at radius 1 is 1.13 bits per heavy atom. The van der Waals surface area contributed by atoms with Crippen LogP contribution in [0.15, 0.2) is 49.6 Å². The first-order valence-corrected chi connectivity index (χ1v) is 10.1. The fourth-order valence-electron chi connectivity index (χ4n) is 3.57. The molecule has 0 aromatic heterocycles. The number of ether oxygens (including phenoxy) is 2. The molecule has 1 saturated carbocycles. The highest BCUT2D eigenvalue weighted by molar-refractivity contribution is 5.94. The lowest BCUT2D eigenvalue weighted by atomic mass is 9.71. The van der Waals surface area contributed by atoms with E-state index in [0.29, 0.717) is 23.7 Å². The molecule has 0 bridgehead atoms. The number of aliphatic hydroxyl groups excluding tert-OH is 2. The molecule has 7 nitrogen and oxygen atoms in total. The number of ketones is 2. The summed E-state index contributed by atoms with van der Waals surface area (Å²) >= 11 is 0. The second-order valence-corrected chi connectivity index (χ2v) is 7.72. The minimum Gasteiger partial charge on any atom is -0.486 e. The van der Waals surface area contributed by atoms with Crippen LogP contribution in [0.3, 0.4) is 0 Å². The molecule has 1 fully saturated rings. The molecule has 0 heterocycles. The van der Waals surface area contributed by atoms with Crippen LogP contribution in [0.5, 0.6) is 11.5 Å². The van der Waals surface area contributed by atoms with Gasteiger partial charge in [0.1, 0.15) is 18.8 Å². The predicted molar refractivity (Wildman–Crippen MR) is 117 cm³/mol. The number of aliphatic hydroxyl groups is 3. The average molecular weight is 430 g/mol. The van der Waals surface area contributed by atoms with Crippen LogP contribution < -0.4 is 9.47 Å². The topological polar surface area (TPSA) is 113 Å². The van der Waals surface area contributed by atoms with Gasteiger partial charge in [-0.05, 0) is 43.0 Å². The molecule has 0 amide bonds. The van der Waals surface area contributed by atoms with E-state index in [9.17, 15) is 24.9 Å². The summed E-state index contributed by atoms with van der Waals surface area (Å²) in [6, 6.07) is 5.20. The molecule has 0 aliphatic heterocycles. The first-order valence-electron chi connectivity index (χ1n) is 10.1. The van der Waals surface area contributed by atoms with Crippen molar-refractivity contribution in [3.63, 3.8) is 0 Å². The number of benzene rings is 1. The van der Waals surface area contributed by atoms with Crippen molar-refractivity contribution in [2.75, 3.05) is 13.2 Å². The lowest BCUT2D eigenvalue weighted by Gasteiger charge is -2.40. The predicted octanol–water partition coefficient (Wildman–Crippen LogP) is 2.24. The van der Waals surface area contributed by atoms with Crippen molar-refractivity contribution < 1.29 is 34.4 Å². The SMILES string of the molecule is C=CCOc1ccc(/C=C/C(=O)C[C@@H]2C[C@](O)(C(C)=O)C[C@@H](O)[C@H]2O)cc1OCC=C. The van der Waals surface area contributed by atoms with Crippen molar-refractivity contribution >= 4 is 17.6 Å². The van der Waals surface area contributed by atoms with Gasteiger partial charge >= 0.3 is 0 Å². The molecule has 0 unspecified atom stereocenters. The molecule has 1 aromatic carbocycles. The highest BCUT2D eigenvalue weighted by Gasteiger charge is 2.47. The fraction of sp³-hybridized carbons (Fsp3) is 0.417. The molecule has 3 N–H and O–H groups in total. The van der Waals surface area contributed by atoms with Crippen LogP contribution >= 0.6 is 0 Å². The van der Waals surface area contributed by atoms with Crippen molar-refractivity contribution in [3.8, 4) is 11.5 Å². The van der Waals surface area contributed by atoms with Gasteiger partial charge in [0.05, 0.1) is 12.2 Å². The maximum Gasteiger partial charge on any atom is 0.162 e. The van der Waals surface area contributed by atoms with E-state index in [2.05, 4.69) is 13.2 Å². The molecule has 31 heavy (non-hydrogen) atoms. The minimum atomic E-state index is -1.73. The third kappa shape index (κ3) is 6.62. The normalized spacial score (nSPS) is 25.7. The molecular formula is C24H30O7. The van der Waals surface area contributed by atoms with Gasteiger partial charge in [0.2, 0.25) is 0 Å². The highest BCUT2D eigenvalue weighted by atomic mass is 16.5. The second kappa shape index (κ2) is 11.0. The van der Waals surface area contributed by atoms with E-state index in [4.69, 9.17) is 9.47 Å². The Labute approximate surface area is 182 Å². The van der Waals surface area contributed by atoms with Crippen LogP contribution in [-0.4, -0.2) is 57.9 Å². The van der Waals surface area contributed by atoms with E-state index in [1.54, 1.807) is 36.4 Å². The van der Waals surface area contributed by atoms with Crippen LogP contribution in [-0.2, 0) is 9.59 Å². The summed E-state index contributed by atoms with van der Waals surface area (Å²) in [6.45, 7) is 9.07. The molecule has 7 heteroatoms. The minimum absolute atomic E-state index is 0.0744.